The van der Waals surface area contributed by atoms with Crippen molar-refractivity contribution < 1.29 is 28.7 Å². The molecule has 2 heterocycles. The van der Waals surface area contributed by atoms with Crippen LogP contribution in [0.3, 0.4) is 0 Å². The number of Topliss-reactive ketones (excluding diaryl/α,β-unsaturated/α-hetero) is 1. The van der Waals surface area contributed by atoms with Gasteiger partial charge in [0, 0.05) is 35.9 Å². The van der Waals surface area contributed by atoms with Crippen molar-refractivity contribution in [2.45, 2.75) is 45.1 Å². The van der Waals surface area contributed by atoms with Gasteiger partial charge in [0.05, 0.1) is 5.92 Å². The predicted molar refractivity (Wildman–Crippen MR) is 103 cm³/mol. The summed E-state index contributed by atoms with van der Waals surface area (Å²) in [5, 5.41) is 13.0. The number of rotatable bonds is 6. The fraction of sp³-hybridized carbons (Fsp3) is 0.429. The summed E-state index contributed by atoms with van der Waals surface area (Å²) in [6.07, 6.45) is 2.58. The fourth-order valence-electron chi connectivity index (χ4n) is 4.05. The van der Waals surface area contributed by atoms with Crippen LogP contribution >= 0.6 is 0 Å². The number of benzene rings is 1. The van der Waals surface area contributed by atoms with Crippen molar-refractivity contribution in [2.24, 2.45) is 5.92 Å². The summed E-state index contributed by atoms with van der Waals surface area (Å²) in [6, 6.07) is 4.51. The molecule has 0 bridgehead atoms. The Kier molecular flexibility index (Phi) is 4.44. The number of fused-ring (bicyclic) bond motifs is 3. The van der Waals surface area contributed by atoms with E-state index in [-0.39, 0.29) is 18.7 Å². The van der Waals surface area contributed by atoms with E-state index in [1.807, 2.05) is 6.07 Å². The van der Waals surface area contributed by atoms with E-state index in [1.165, 1.54) is 5.56 Å². The van der Waals surface area contributed by atoms with Crippen LogP contribution in [0.1, 0.15) is 48.4 Å². The third-order valence-corrected chi connectivity index (χ3v) is 5.66. The Bertz CT molecular complexity index is 1050. The summed E-state index contributed by atoms with van der Waals surface area (Å²) in [4.78, 5) is 49.6. The van der Waals surface area contributed by atoms with Crippen molar-refractivity contribution in [3.63, 3.8) is 0 Å². The van der Waals surface area contributed by atoms with Crippen molar-refractivity contribution in [1.82, 2.24) is 10.2 Å². The second kappa shape index (κ2) is 6.72. The lowest BCUT2D eigenvalue weighted by Gasteiger charge is -2.19. The van der Waals surface area contributed by atoms with Gasteiger partial charge in [-0.1, -0.05) is 12.1 Å². The van der Waals surface area contributed by atoms with Crippen LogP contribution in [-0.2, 0) is 22.4 Å². The lowest BCUT2D eigenvalue weighted by atomic mass is 9.96. The van der Waals surface area contributed by atoms with Crippen LogP contribution in [0.2, 0.25) is 0 Å². The normalized spacial score (nSPS) is 18.8. The lowest BCUT2D eigenvalue weighted by molar-refractivity contribution is -0.142. The summed E-state index contributed by atoms with van der Waals surface area (Å²) in [5.74, 6) is -2.35. The van der Waals surface area contributed by atoms with E-state index in [4.69, 9.17) is 4.42 Å². The summed E-state index contributed by atoms with van der Waals surface area (Å²) in [7, 11) is 0. The van der Waals surface area contributed by atoms with Crippen LogP contribution < -0.4 is 5.32 Å². The quantitative estimate of drug-likeness (QED) is 0.570. The molecular weight excluding hydrogens is 376 g/mol. The number of carboxylic acid groups (broad SMARTS) is 1. The SMILES string of the molecule is CC1(C)NC(=O)N(CC(CC(=O)c2ccc3c4c(oc3c2)CCC4)C(=O)O)C1=O. The van der Waals surface area contributed by atoms with Crippen LogP contribution in [0.15, 0.2) is 22.6 Å². The van der Waals surface area contributed by atoms with Crippen LogP contribution in [0.4, 0.5) is 4.79 Å². The Hall–Kier alpha value is -3.16. The molecule has 8 heteroatoms. The highest BCUT2D eigenvalue weighted by atomic mass is 16.4. The second-order valence-electron chi connectivity index (χ2n) is 8.20. The molecule has 8 nitrogen and oxygen atoms in total. The van der Waals surface area contributed by atoms with E-state index in [0.29, 0.717) is 11.1 Å². The van der Waals surface area contributed by atoms with E-state index in [1.54, 1.807) is 26.0 Å². The minimum absolute atomic E-state index is 0.321. The smallest absolute Gasteiger partial charge is 0.325 e. The van der Waals surface area contributed by atoms with E-state index in [9.17, 15) is 24.3 Å². The van der Waals surface area contributed by atoms with Crippen molar-refractivity contribution in [1.29, 1.82) is 0 Å². The number of carbonyl (C=O) groups excluding carboxylic acids is 3. The van der Waals surface area contributed by atoms with E-state index in [2.05, 4.69) is 5.32 Å². The Morgan fingerprint density at radius 3 is 2.69 bits per heavy atom. The third kappa shape index (κ3) is 3.28. The summed E-state index contributed by atoms with van der Waals surface area (Å²) in [6.45, 7) is 2.74. The largest absolute Gasteiger partial charge is 0.481 e. The highest BCUT2D eigenvalue weighted by Gasteiger charge is 2.45. The van der Waals surface area contributed by atoms with Crippen LogP contribution in [0.25, 0.3) is 11.0 Å². The Morgan fingerprint density at radius 2 is 2.03 bits per heavy atom. The molecule has 1 unspecified atom stereocenters. The third-order valence-electron chi connectivity index (χ3n) is 5.66. The molecule has 29 heavy (non-hydrogen) atoms. The maximum atomic E-state index is 12.7. The number of carbonyl (C=O) groups is 4. The zero-order valence-electron chi connectivity index (χ0n) is 16.3. The molecule has 1 saturated heterocycles. The van der Waals surface area contributed by atoms with Crippen molar-refractivity contribution in [2.75, 3.05) is 6.54 Å². The van der Waals surface area contributed by atoms with Crippen LogP contribution in [0.5, 0.6) is 0 Å². The van der Waals surface area contributed by atoms with Crippen LogP contribution in [0, 0.1) is 5.92 Å². The molecule has 1 atom stereocenters. The van der Waals surface area contributed by atoms with E-state index < -0.39 is 29.4 Å². The molecule has 1 aliphatic heterocycles. The number of ketones is 1. The van der Waals surface area contributed by atoms with Gasteiger partial charge in [0.2, 0.25) is 0 Å². The minimum atomic E-state index is -1.23. The molecule has 2 aromatic rings. The van der Waals surface area contributed by atoms with Gasteiger partial charge in [-0.05, 0) is 32.8 Å². The maximum Gasteiger partial charge on any atom is 0.325 e. The molecule has 4 rings (SSSR count). The van der Waals surface area contributed by atoms with E-state index in [0.717, 1.165) is 35.3 Å². The number of hydrogen-bond donors (Lipinski definition) is 2. The lowest BCUT2D eigenvalue weighted by Crippen LogP contribution is -2.42. The summed E-state index contributed by atoms with van der Waals surface area (Å²) < 4.78 is 5.84. The second-order valence-corrected chi connectivity index (χ2v) is 8.20. The molecule has 1 aromatic heterocycles. The van der Waals surface area contributed by atoms with Gasteiger partial charge < -0.3 is 14.8 Å². The zero-order valence-corrected chi connectivity index (χ0v) is 16.3. The van der Waals surface area contributed by atoms with Gasteiger partial charge in [0.1, 0.15) is 16.9 Å². The van der Waals surface area contributed by atoms with Crippen molar-refractivity contribution >= 4 is 34.7 Å². The standard InChI is InChI=1S/C21H22N2O6/c1-21(2)19(27)23(20(28)22-21)10-12(18(25)26)8-15(24)11-6-7-14-13-4-3-5-16(13)29-17(14)9-11/h6-7,9,12H,3-5,8,10H2,1-2H3,(H,22,28)(H,25,26). The number of nitrogens with zero attached hydrogens (tertiary/aromatic N) is 1. The monoisotopic (exact) mass is 398 g/mol. The number of furan rings is 1. The molecule has 152 valence electrons. The van der Waals surface area contributed by atoms with Gasteiger partial charge in [0.15, 0.2) is 5.78 Å². The zero-order chi connectivity index (χ0) is 20.9. The number of nitrogens with one attached hydrogen (secondary N) is 1. The Morgan fingerprint density at radius 1 is 1.28 bits per heavy atom. The predicted octanol–water partition coefficient (Wildman–Crippen LogP) is 2.53. The Labute approximate surface area is 166 Å². The first-order valence-electron chi connectivity index (χ1n) is 9.62. The number of aliphatic carboxylic acids is 1. The van der Waals surface area contributed by atoms with Gasteiger partial charge in [-0.15, -0.1) is 0 Å². The molecule has 2 aliphatic rings. The molecule has 0 saturated carbocycles. The number of imide groups is 1. The van der Waals surface area contributed by atoms with Gasteiger partial charge in [-0.25, -0.2) is 4.79 Å². The molecule has 1 aromatic carbocycles. The van der Waals surface area contributed by atoms with Gasteiger partial charge in [0.25, 0.3) is 5.91 Å². The van der Waals surface area contributed by atoms with Gasteiger partial charge >= 0.3 is 12.0 Å². The average Bonchev–Trinajstić information content (AvgIpc) is 3.28. The number of amides is 3. The van der Waals surface area contributed by atoms with Crippen molar-refractivity contribution in [3.05, 3.63) is 35.1 Å². The highest BCUT2D eigenvalue weighted by Crippen LogP contribution is 2.33. The number of urea groups is 1. The van der Waals surface area contributed by atoms with Crippen molar-refractivity contribution in [3.8, 4) is 0 Å². The van der Waals surface area contributed by atoms with Gasteiger partial charge in [-0.2, -0.15) is 0 Å². The van der Waals surface area contributed by atoms with Gasteiger partial charge in [-0.3, -0.25) is 19.3 Å². The first-order valence-corrected chi connectivity index (χ1v) is 9.62. The first kappa shape index (κ1) is 19.2. The van der Waals surface area contributed by atoms with Crippen LogP contribution in [-0.4, -0.2) is 45.8 Å². The Balaban J connectivity index is 1.52. The topological polar surface area (TPSA) is 117 Å². The summed E-state index contributed by atoms with van der Waals surface area (Å²) >= 11 is 0. The fourth-order valence-corrected chi connectivity index (χ4v) is 4.05. The molecular formula is C21H22N2O6. The number of carboxylic acids is 1. The molecule has 1 aliphatic carbocycles. The average molecular weight is 398 g/mol. The molecule has 3 amide bonds. The number of aryl methyl sites for hydroxylation is 2. The number of hydrogen-bond acceptors (Lipinski definition) is 5. The maximum absolute atomic E-state index is 12.7. The molecule has 0 radical (unpaired) electrons. The minimum Gasteiger partial charge on any atom is -0.481 e. The van der Waals surface area contributed by atoms with E-state index >= 15 is 0 Å². The molecule has 2 N–H and O–H groups in total. The molecule has 0 spiro atoms. The highest BCUT2D eigenvalue weighted by molar-refractivity contribution is 6.07. The summed E-state index contributed by atoms with van der Waals surface area (Å²) in [5.41, 5.74) is 1.08. The first-order chi connectivity index (χ1) is 13.7. The molecule has 1 fully saturated rings.